The highest BCUT2D eigenvalue weighted by atomic mass is 16.6. The van der Waals surface area contributed by atoms with Crippen LogP contribution < -0.4 is 0 Å². The number of carbonyl (C=O) groups excluding carboxylic acids is 2. The van der Waals surface area contributed by atoms with Gasteiger partial charge in [-0.25, -0.2) is 4.79 Å². The number of unbranched alkanes of at least 4 members (excludes halogenated alkanes) is 22. The van der Waals surface area contributed by atoms with Crippen molar-refractivity contribution in [3.8, 4) is 0 Å². The van der Waals surface area contributed by atoms with Crippen molar-refractivity contribution in [1.29, 1.82) is 0 Å². The predicted molar refractivity (Wildman–Crippen MR) is 275 cm³/mol. The molecule has 374 valence electrons. The van der Waals surface area contributed by atoms with Crippen LogP contribution in [0.5, 0.6) is 0 Å². The number of ether oxygens (including phenoxy) is 3. The minimum Gasteiger partial charge on any atom is -0.477 e. The highest BCUT2D eigenvalue weighted by Gasteiger charge is 2.31. The van der Waals surface area contributed by atoms with Gasteiger partial charge in [-0.2, -0.15) is 0 Å². The number of hydrogen-bond donors (Lipinski definition) is 1. The first-order valence-electron chi connectivity index (χ1n) is 26.5. The van der Waals surface area contributed by atoms with Gasteiger partial charge in [0.15, 0.2) is 12.1 Å². The molecular weight excluding hydrogens is 811 g/mol. The Kier molecular flexibility index (Phi) is 44.9. The Labute approximate surface area is 400 Å². The summed E-state index contributed by atoms with van der Waals surface area (Å²) in [6.45, 7) is 4.61. The fourth-order valence-electron chi connectivity index (χ4n) is 7.54. The highest BCUT2D eigenvalue weighted by molar-refractivity contribution is 5.72. The van der Waals surface area contributed by atoms with Crippen LogP contribution in [0.3, 0.4) is 0 Å². The Hall–Kier alpha value is -3.23. The van der Waals surface area contributed by atoms with Crippen molar-refractivity contribution in [2.75, 3.05) is 41.0 Å². The number of esters is 2. The van der Waals surface area contributed by atoms with E-state index in [4.69, 9.17) is 14.2 Å². The molecule has 0 aromatic heterocycles. The first-order chi connectivity index (χ1) is 31.6. The zero-order chi connectivity index (χ0) is 47.7. The number of likely N-dealkylation sites (N-methyl/N-ethyl adjacent to an activating group) is 1. The number of allylic oxidation sites excluding steroid dienone is 12. The number of quaternary nitrogens is 1. The molecule has 2 unspecified atom stereocenters. The third kappa shape index (κ3) is 45.7. The Morgan fingerprint density at radius 2 is 0.908 bits per heavy atom. The largest absolute Gasteiger partial charge is 0.477 e. The van der Waals surface area contributed by atoms with Gasteiger partial charge in [-0.15, -0.1) is 0 Å². The van der Waals surface area contributed by atoms with Crippen molar-refractivity contribution in [1.82, 2.24) is 0 Å². The van der Waals surface area contributed by atoms with E-state index in [1.165, 1.54) is 103 Å². The number of aliphatic carboxylic acids is 1. The van der Waals surface area contributed by atoms with Crippen molar-refractivity contribution in [3.63, 3.8) is 0 Å². The van der Waals surface area contributed by atoms with Gasteiger partial charge in [0, 0.05) is 19.3 Å². The molecule has 65 heavy (non-hydrogen) atoms. The molecule has 0 fully saturated rings. The van der Waals surface area contributed by atoms with E-state index in [1.807, 2.05) is 21.1 Å². The molecule has 2 atom stereocenters. The molecule has 0 spiro atoms. The second-order valence-corrected chi connectivity index (χ2v) is 18.8. The molecule has 0 heterocycles. The minimum atomic E-state index is -0.879. The van der Waals surface area contributed by atoms with Gasteiger partial charge in [-0.1, -0.05) is 196 Å². The Morgan fingerprint density at radius 1 is 0.492 bits per heavy atom. The van der Waals surface area contributed by atoms with E-state index in [2.05, 4.69) is 86.8 Å². The van der Waals surface area contributed by atoms with E-state index < -0.39 is 18.1 Å². The molecule has 0 aliphatic rings. The second kappa shape index (κ2) is 47.3. The maximum absolute atomic E-state index is 12.8. The van der Waals surface area contributed by atoms with Crippen LogP contribution >= 0.6 is 0 Å². The molecule has 0 aromatic rings. The number of rotatable bonds is 47. The molecule has 0 rings (SSSR count). The average Bonchev–Trinajstić information content (AvgIpc) is 3.27. The molecule has 0 amide bonds. The van der Waals surface area contributed by atoms with Gasteiger partial charge in [0.1, 0.15) is 6.61 Å². The van der Waals surface area contributed by atoms with E-state index in [1.54, 1.807) is 0 Å². The summed E-state index contributed by atoms with van der Waals surface area (Å²) in [4.78, 5) is 37.2. The Bertz CT molecular complexity index is 1290. The van der Waals surface area contributed by atoms with E-state index in [0.717, 1.165) is 83.5 Å². The summed E-state index contributed by atoms with van der Waals surface area (Å²) < 4.78 is 17.4. The molecule has 0 radical (unpaired) electrons. The van der Waals surface area contributed by atoms with Crippen molar-refractivity contribution in [2.24, 2.45) is 0 Å². The van der Waals surface area contributed by atoms with Crippen molar-refractivity contribution < 1.29 is 38.2 Å². The lowest BCUT2D eigenvalue weighted by atomic mass is 10.1. The van der Waals surface area contributed by atoms with Crippen LogP contribution in [0, 0.1) is 0 Å². The first-order valence-corrected chi connectivity index (χ1v) is 26.5. The third-order valence-corrected chi connectivity index (χ3v) is 11.6. The third-order valence-electron chi connectivity index (χ3n) is 11.6. The molecule has 0 bridgehead atoms. The summed E-state index contributed by atoms with van der Waals surface area (Å²) in [6, 6.07) is -0.622. The van der Waals surface area contributed by atoms with Crippen LogP contribution in [0.15, 0.2) is 72.9 Å². The van der Waals surface area contributed by atoms with Crippen LogP contribution in [0.4, 0.5) is 0 Å². The SMILES string of the molecule is CC/C=C/C/C=C/C/C=C/C/C=C/CCCCCCCCCCCCC(=O)OCC(COCCC(C(=O)O)[N+](C)(C)C)OC(=O)CCCCCCC/C=C/C=C/CCCCCCCCC. The molecule has 0 aromatic carbocycles. The van der Waals surface area contributed by atoms with Gasteiger partial charge in [-0.3, -0.25) is 9.59 Å². The fraction of sp³-hybridized carbons (Fsp3) is 0.737. The molecule has 0 saturated carbocycles. The normalized spacial score (nSPS) is 13.4. The fourth-order valence-corrected chi connectivity index (χ4v) is 7.54. The molecular formula is C57H100NO7+. The summed E-state index contributed by atoms with van der Waals surface area (Å²) in [7, 11) is 5.53. The number of hydrogen-bond acceptors (Lipinski definition) is 6. The van der Waals surface area contributed by atoms with E-state index in [9.17, 15) is 19.5 Å². The summed E-state index contributed by atoms with van der Waals surface area (Å²) in [5, 5.41) is 9.66. The summed E-state index contributed by atoms with van der Waals surface area (Å²) in [6.07, 6.45) is 60.9. The van der Waals surface area contributed by atoms with Crippen LogP contribution in [-0.4, -0.2) is 80.6 Å². The molecule has 0 aliphatic heterocycles. The molecule has 1 N–H and O–H groups in total. The van der Waals surface area contributed by atoms with Crippen LogP contribution in [0.2, 0.25) is 0 Å². The van der Waals surface area contributed by atoms with Gasteiger partial charge in [0.05, 0.1) is 34.4 Å². The smallest absolute Gasteiger partial charge is 0.362 e. The van der Waals surface area contributed by atoms with Crippen molar-refractivity contribution in [2.45, 2.75) is 231 Å². The zero-order valence-corrected chi connectivity index (χ0v) is 42.7. The molecule has 0 saturated heterocycles. The van der Waals surface area contributed by atoms with E-state index in [-0.39, 0.29) is 36.2 Å². The predicted octanol–water partition coefficient (Wildman–Crippen LogP) is 15.5. The molecule has 8 heteroatoms. The van der Waals surface area contributed by atoms with Gasteiger partial charge in [0.2, 0.25) is 0 Å². The number of carbonyl (C=O) groups is 3. The lowest BCUT2D eigenvalue weighted by Crippen LogP contribution is -2.50. The molecule has 8 nitrogen and oxygen atoms in total. The topological polar surface area (TPSA) is 99.1 Å². The summed E-state index contributed by atoms with van der Waals surface area (Å²) in [5.74, 6) is -1.49. The van der Waals surface area contributed by atoms with Crippen molar-refractivity contribution >= 4 is 17.9 Å². The first kappa shape index (κ1) is 61.8. The van der Waals surface area contributed by atoms with E-state index in [0.29, 0.717) is 19.3 Å². The van der Waals surface area contributed by atoms with Gasteiger partial charge in [-0.05, 0) is 77.0 Å². The average molecular weight is 911 g/mol. The maximum atomic E-state index is 12.8. The van der Waals surface area contributed by atoms with E-state index >= 15 is 0 Å². The van der Waals surface area contributed by atoms with Crippen LogP contribution in [0.25, 0.3) is 0 Å². The number of carboxylic acid groups (broad SMARTS) is 1. The van der Waals surface area contributed by atoms with Gasteiger partial charge in [0.25, 0.3) is 0 Å². The monoisotopic (exact) mass is 911 g/mol. The molecule has 0 aliphatic carbocycles. The second-order valence-electron chi connectivity index (χ2n) is 18.8. The number of nitrogens with zero attached hydrogens (tertiary/aromatic N) is 1. The lowest BCUT2D eigenvalue weighted by Gasteiger charge is -2.31. The minimum absolute atomic E-state index is 0.0512. The van der Waals surface area contributed by atoms with Gasteiger partial charge < -0.3 is 23.8 Å². The quantitative estimate of drug-likeness (QED) is 0.0213. The van der Waals surface area contributed by atoms with Crippen molar-refractivity contribution in [3.05, 3.63) is 72.9 Å². The number of carboxylic acids is 1. The lowest BCUT2D eigenvalue weighted by molar-refractivity contribution is -0.887. The Morgan fingerprint density at radius 3 is 1.37 bits per heavy atom. The highest BCUT2D eigenvalue weighted by Crippen LogP contribution is 2.15. The standard InChI is InChI=1S/C57H99NO7/c1-6-8-10-12-14-16-18-20-22-24-26-27-28-29-30-32-33-35-37-39-41-43-45-47-55(59)64-52-53(51-63-50-49-54(57(61)62)58(3,4)5)65-56(60)48-46-44-42-40-38-36-34-31-25-23-21-19-17-15-13-11-9-7-2/h8,10,14,16,20,22-23,25-27,31,34,53-54H,6-7,9,11-13,15,17-19,21,24,28-30,32-33,35-52H2,1-5H3/p+1/b10-8+,16-14+,22-20+,25-23+,27-26+,34-31+. The maximum Gasteiger partial charge on any atom is 0.362 e. The van der Waals surface area contributed by atoms with Crippen LogP contribution in [-0.2, 0) is 28.6 Å². The summed E-state index contributed by atoms with van der Waals surface area (Å²) in [5.41, 5.74) is 0. The zero-order valence-electron chi connectivity index (χ0n) is 42.7. The van der Waals surface area contributed by atoms with Gasteiger partial charge >= 0.3 is 17.9 Å². The van der Waals surface area contributed by atoms with Crippen LogP contribution in [0.1, 0.15) is 219 Å². The Balaban J connectivity index is 4.25. The summed E-state index contributed by atoms with van der Waals surface area (Å²) >= 11 is 0.